The summed E-state index contributed by atoms with van der Waals surface area (Å²) in [6.07, 6.45) is 2.57. The minimum absolute atomic E-state index is 0.641. The van der Waals surface area contributed by atoms with Crippen molar-refractivity contribution in [2.24, 2.45) is 0 Å². The lowest BCUT2D eigenvalue weighted by molar-refractivity contribution is 0.259. The van der Waals surface area contributed by atoms with Gasteiger partial charge in [-0.25, -0.2) is 0 Å². The first-order chi connectivity index (χ1) is 10.2. The zero-order chi connectivity index (χ0) is 15.2. The van der Waals surface area contributed by atoms with Crippen LogP contribution in [-0.4, -0.2) is 44.8 Å². The summed E-state index contributed by atoms with van der Waals surface area (Å²) in [6.45, 7) is 6.29. The van der Waals surface area contributed by atoms with E-state index in [0.29, 0.717) is 16.8 Å². The van der Waals surface area contributed by atoms with Gasteiger partial charge in [-0.1, -0.05) is 18.5 Å². The van der Waals surface area contributed by atoms with Gasteiger partial charge in [0.2, 0.25) is 0 Å². The van der Waals surface area contributed by atoms with Crippen molar-refractivity contribution in [1.82, 2.24) is 10.2 Å². The van der Waals surface area contributed by atoms with Gasteiger partial charge in [0.05, 0.1) is 14.2 Å². The zero-order valence-corrected chi connectivity index (χ0v) is 13.9. The molecule has 1 heterocycles. The molecule has 5 heteroatoms. The van der Waals surface area contributed by atoms with Gasteiger partial charge < -0.3 is 14.8 Å². The second-order valence-corrected chi connectivity index (χ2v) is 5.79. The topological polar surface area (TPSA) is 33.7 Å². The number of likely N-dealkylation sites (N-methyl/N-ethyl adjacent to an activating group) is 1. The molecule has 0 radical (unpaired) electrons. The van der Waals surface area contributed by atoms with Gasteiger partial charge >= 0.3 is 0 Å². The highest BCUT2D eigenvalue weighted by Gasteiger charge is 2.22. The van der Waals surface area contributed by atoms with Crippen molar-refractivity contribution in [1.29, 1.82) is 0 Å². The number of nitrogens with one attached hydrogen (secondary N) is 1. The highest BCUT2D eigenvalue weighted by Crippen LogP contribution is 2.34. The molecule has 0 unspecified atom stereocenters. The summed E-state index contributed by atoms with van der Waals surface area (Å²) in [5.41, 5.74) is 1.03. The van der Waals surface area contributed by atoms with Crippen LogP contribution in [0.5, 0.6) is 11.5 Å². The Morgan fingerprint density at radius 2 is 2.14 bits per heavy atom. The SMILES string of the molecule is CCN1CCC[C@H]1CNCc1cc(Cl)cc(OC)c1OC. The number of rotatable bonds is 7. The summed E-state index contributed by atoms with van der Waals surface area (Å²) < 4.78 is 10.8. The molecule has 1 fully saturated rings. The van der Waals surface area contributed by atoms with Crippen molar-refractivity contribution >= 4 is 11.6 Å². The van der Waals surface area contributed by atoms with Crippen LogP contribution >= 0.6 is 11.6 Å². The molecule has 0 spiro atoms. The average Bonchev–Trinajstić information content (AvgIpc) is 2.94. The summed E-state index contributed by atoms with van der Waals surface area (Å²) >= 11 is 6.14. The summed E-state index contributed by atoms with van der Waals surface area (Å²) in [5.74, 6) is 1.44. The maximum atomic E-state index is 6.14. The fourth-order valence-corrected chi connectivity index (χ4v) is 3.28. The fraction of sp³-hybridized carbons (Fsp3) is 0.625. The normalized spacial score (nSPS) is 19.0. The quantitative estimate of drug-likeness (QED) is 0.839. The Labute approximate surface area is 132 Å². The van der Waals surface area contributed by atoms with Crippen molar-refractivity contribution < 1.29 is 9.47 Å². The van der Waals surface area contributed by atoms with Gasteiger partial charge in [0.25, 0.3) is 0 Å². The number of halogens is 1. The van der Waals surface area contributed by atoms with Gasteiger partial charge in [0, 0.05) is 35.8 Å². The predicted molar refractivity (Wildman–Crippen MR) is 86.5 cm³/mol. The van der Waals surface area contributed by atoms with E-state index >= 15 is 0 Å². The molecule has 2 rings (SSSR count). The Morgan fingerprint density at radius 1 is 1.33 bits per heavy atom. The van der Waals surface area contributed by atoms with Crippen LogP contribution in [0, 0.1) is 0 Å². The lowest BCUT2D eigenvalue weighted by Crippen LogP contribution is -2.37. The molecule has 1 N–H and O–H groups in total. The van der Waals surface area contributed by atoms with E-state index in [9.17, 15) is 0 Å². The van der Waals surface area contributed by atoms with Crippen LogP contribution in [-0.2, 0) is 6.54 Å². The Balaban J connectivity index is 1.98. The fourth-order valence-electron chi connectivity index (χ4n) is 3.05. The standard InChI is InChI=1S/C16H25ClN2O2/c1-4-19-7-5-6-14(19)11-18-10-12-8-13(17)9-15(20-2)16(12)21-3/h8-9,14,18H,4-7,10-11H2,1-3H3/t14-/m0/s1. The van der Waals surface area contributed by atoms with Crippen molar-refractivity contribution in [2.75, 3.05) is 33.9 Å². The smallest absolute Gasteiger partial charge is 0.165 e. The minimum Gasteiger partial charge on any atom is -0.493 e. The highest BCUT2D eigenvalue weighted by atomic mass is 35.5. The Hall–Kier alpha value is -0.970. The first-order valence-electron chi connectivity index (χ1n) is 7.54. The van der Waals surface area contributed by atoms with Crippen molar-refractivity contribution in [2.45, 2.75) is 32.4 Å². The van der Waals surface area contributed by atoms with E-state index in [1.807, 2.05) is 6.07 Å². The molecule has 0 bridgehead atoms. The van der Waals surface area contributed by atoms with Crippen molar-refractivity contribution in [3.05, 3.63) is 22.7 Å². The minimum atomic E-state index is 0.641. The number of methoxy groups -OCH3 is 2. The van der Waals surface area contributed by atoms with Gasteiger partial charge in [0.1, 0.15) is 0 Å². The monoisotopic (exact) mass is 312 g/mol. The summed E-state index contributed by atoms with van der Waals surface area (Å²) in [7, 11) is 3.29. The van der Waals surface area contributed by atoms with Crippen molar-refractivity contribution in [3.8, 4) is 11.5 Å². The van der Waals surface area contributed by atoms with E-state index in [1.54, 1.807) is 20.3 Å². The van der Waals surface area contributed by atoms with E-state index in [2.05, 4.69) is 17.1 Å². The molecule has 0 amide bonds. The van der Waals surface area contributed by atoms with E-state index in [4.69, 9.17) is 21.1 Å². The molecule has 0 aliphatic carbocycles. The maximum Gasteiger partial charge on any atom is 0.165 e. The highest BCUT2D eigenvalue weighted by molar-refractivity contribution is 6.30. The number of benzene rings is 1. The molecule has 1 aromatic carbocycles. The lowest BCUT2D eigenvalue weighted by Gasteiger charge is -2.23. The molecule has 118 valence electrons. The number of nitrogens with zero attached hydrogens (tertiary/aromatic N) is 1. The van der Waals surface area contributed by atoms with E-state index in [-0.39, 0.29) is 0 Å². The van der Waals surface area contributed by atoms with Gasteiger partial charge in [0.15, 0.2) is 11.5 Å². The Kier molecular flexibility index (Phi) is 6.15. The van der Waals surface area contributed by atoms with Crippen LogP contribution in [0.3, 0.4) is 0 Å². The third kappa shape index (κ3) is 4.02. The molecule has 1 atom stereocenters. The number of ether oxygens (including phenoxy) is 2. The summed E-state index contributed by atoms with van der Waals surface area (Å²) in [5, 5.41) is 4.19. The summed E-state index contributed by atoms with van der Waals surface area (Å²) in [4.78, 5) is 2.53. The average molecular weight is 313 g/mol. The van der Waals surface area contributed by atoms with Crippen LogP contribution in [0.4, 0.5) is 0 Å². The van der Waals surface area contributed by atoms with Crippen LogP contribution < -0.4 is 14.8 Å². The van der Waals surface area contributed by atoms with Gasteiger partial charge in [-0.05, 0) is 32.0 Å². The van der Waals surface area contributed by atoms with E-state index in [0.717, 1.165) is 30.9 Å². The van der Waals surface area contributed by atoms with E-state index < -0.39 is 0 Å². The van der Waals surface area contributed by atoms with Crippen LogP contribution in [0.15, 0.2) is 12.1 Å². The zero-order valence-electron chi connectivity index (χ0n) is 13.1. The Morgan fingerprint density at radius 3 is 2.81 bits per heavy atom. The second kappa shape index (κ2) is 7.87. The van der Waals surface area contributed by atoms with Gasteiger partial charge in [-0.3, -0.25) is 4.90 Å². The van der Waals surface area contributed by atoms with Gasteiger partial charge in [-0.15, -0.1) is 0 Å². The molecular formula is C16H25ClN2O2. The van der Waals surface area contributed by atoms with Gasteiger partial charge in [-0.2, -0.15) is 0 Å². The third-order valence-electron chi connectivity index (χ3n) is 4.12. The van der Waals surface area contributed by atoms with Crippen LogP contribution in [0.2, 0.25) is 5.02 Å². The lowest BCUT2D eigenvalue weighted by atomic mass is 10.1. The first-order valence-corrected chi connectivity index (χ1v) is 7.92. The maximum absolute atomic E-state index is 6.14. The number of hydrogen-bond donors (Lipinski definition) is 1. The van der Waals surface area contributed by atoms with Crippen LogP contribution in [0.1, 0.15) is 25.3 Å². The molecule has 1 aliphatic rings. The molecular weight excluding hydrogens is 288 g/mol. The van der Waals surface area contributed by atoms with Crippen LogP contribution in [0.25, 0.3) is 0 Å². The van der Waals surface area contributed by atoms with E-state index in [1.165, 1.54) is 19.4 Å². The third-order valence-corrected chi connectivity index (χ3v) is 4.34. The molecule has 0 aromatic heterocycles. The Bertz CT molecular complexity index is 468. The summed E-state index contributed by atoms with van der Waals surface area (Å²) in [6, 6.07) is 4.35. The molecule has 4 nitrogen and oxygen atoms in total. The second-order valence-electron chi connectivity index (χ2n) is 5.36. The largest absolute Gasteiger partial charge is 0.493 e. The molecule has 1 aromatic rings. The molecule has 21 heavy (non-hydrogen) atoms. The predicted octanol–water partition coefficient (Wildman–Crippen LogP) is 2.93. The molecule has 1 aliphatic heterocycles. The first kappa shape index (κ1) is 16.4. The number of hydrogen-bond acceptors (Lipinski definition) is 4. The molecule has 1 saturated heterocycles. The number of likely N-dealkylation sites (tertiary alicyclic amines) is 1. The van der Waals surface area contributed by atoms with Crippen molar-refractivity contribution in [3.63, 3.8) is 0 Å². The molecule has 0 saturated carbocycles.